The van der Waals surface area contributed by atoms with Gasteiger partial charge in [-0.3, -0.25) is 0 Å². The summed E-state index contributed by atoms with van der Waals surface area (Å²) < 4.78 is 15.6. The zero-order valence-electron chi connectivity index (χ0n) is 8.38. The summed E-state index contributed by atoms with van der Waals surface area (Å²) >= 11 is 1.72. The number of thiazole rings is 1. The second-order valence-corrected chi connectivity index (χ2v) is 4.67. The van der Waals surface area contributed by atoms with Gasteiger partial charge in [0.2, 0.25) is 10.5 Å². The minimum Gasteiger partial charge on any atom is -0.244 e. The molecule has 74 valence electrons. The Morgan fingerprint density at radius 2 is 2.14 bits per heavy atom. The van der Waals surface area contributed by atoms with Crippen LogP contribution in [-0.4, -0.2) is 6.67 Å². The number of alkyl halides is 1. The lowest BCUT2D eigenvalue weighted by molar-refractivity contribution is -0.672. The first-order chi connectivity index (χ1) is 6.72. The predicted octanol–water partition coefficient (Wildman–Crippen LogP) is 2.78. The van der Waals surface area contributed by atoms with Crippen LogP contribution in [0.4, 0.5) is 4.39 Å². The number of hydrogen-bond acceptors (Lipinski definition) is 1. The molecule has 0 saturated carbocycles. The molecular formula is C11H13FNS+. The van der Waals surface area contributed by atoms with Crippen LogP contribution in [0.2, 0.25) is 0 Å². The number of halogens is 1. The predicted molar refractivity (Wildman–Crippen MR) is 57.5 cm³/mol. The average Bonchev–Trinajstić information content (AvgIpc) is 2.45. The molecule has 2 rings (SSSR count). The topological polar surface area (TPSA) is 3.88 Å². The van der Waals surface area contributed by atoms with Crippen molar-refractivity contribution in [3.05, 3.63) is 28.8 Å². The summed E-state index contributed by atoms with van der Waals surface area (Å²) in [5.41, 5.74) is 2.38. The molecule has 14 heavy (non-hydrogen) atoms. The zero-order valence-corrected chi connectivity index (χ0v) is 9.20. The van der Waals surface area contributed by atoms with Gasteiger partial charge in [0.1, 0.15) is 11.4 Å². The van der Waals surface area contributed by atoms with E-state index in [9.17, 15) is 4.39 Å². The molecule has 0 aliphatic heterocycles. The van der Waals surface area contributed by atoms with Gasteiger partial charge in [0.25, 0.3) is 0 Å². The van der Waals surface area contributed by atoms with E-state index in [2.05, 4.69) is 25.1 Å². The number of rotatable bonds is 2. The number of benzene rings is 1. The fourth-order valence-electron chi connectivity index (χ4n) is 1.67. The van der Waals surface area contributed by atoms with E-state index in [4.69, 9.17) is 0 Å². The molecule has 0 atom stereocenters. The number of hydrogen-bond donors (Lipinski definition) is 0. The van der Waals surface area contributed by atoms with E-state index in [1.165, 1.54) is 15.3 Å². The van der Waals surface area contributed by atoms with E-state index >= 15 is 0 Å². The molecule has 0 bridgehead atoms. The highest BCUT2D eigenvalue weighted by Gasteiger charge is 2.16. The van der Waals surface area contributed by atoms with Crippen molar-refractivity contribution < 1.29 is 8.96 Å². The van der Waals surface area contributed by atoms with Crippen LogP contribution in [0.25, 0.3) is 10.2 Å². The lowest BCUT2D eigenvalue weighted by atomic mass is 10.2. The second kappa shape index (κ2) is 3.65. The lowest BCUT2D eigenvalue weighted by Crippen LogP contribution is -2.35. The molecule has 0 N–H and O–H groups in total. The average molecular weight is 210 g/mol. The minimum absolute atomic E-state index is 0.300. The van der Waals surface area contributed by atoms with E-state index in [1.807, 2.05) is 11.5 Å². The van der Waals surface area contributed by atoms with Crippen LogP contribution in [0, 0.1) is 13.8 Å². The van der Waals surface area contributed by atoms with Crippen LogP contribution >= 0.6 is 11.3 Å². The summed E-state index contributed by atoms with van der Waals surface area (Å²) in [4.78, 5) is 0. The molecular weight excluding hydrogens is 197 g/mol. The second-order valence-electron chi connectivity index (χ2n) is 3.43. The molecule has 0 fully saturated rings. The Kier molecular flexibility index (Phi) is 2.50. The van der Waals surface area contributed by atoms with Crippen molar-refractivity contribution in [2.45, 2.75) is 20.4 Å². The molecule has 0 unspecified atom stereocenters. The van der Waals surface area contributed by atoms with Gasteiger partial charge in [-0.25, -0.2) is 4.39 Å². The number of aromatic nitrogens is 1. The van der Waals surface area contributed by atoms with Crippen LogP contribution in [0.5, 0.6) is 0 Å². The van der Waals surface area contributed by atoms with Crippen LogP contribution in [0.15, 0.2) is 18.2 Å². The molecule has 1 nitrogen and oxygen atoms in total. The zero-order chi connectivity index (χ0) is 10.1. The van der Waals surface area contributed by atoms with Crippen molar-refractivity contribution in [2.24, 2.45) is 0 Å². The maximum atomic E-state index is 12.3. The summed E-state index contributed by atoms with van der Waals surface area (Å²) in [7, 11) is 0. The van der Waals surface area contributed by atoms with E-state index in [0.717, 1.165) is 5.52 Å². The molecule has 0 saturated heterocycles. The third-order valence-electron chi connectivity index (χ3n) is 2.35. The molecule has 0 aliphatic carbocycles. The lowest BCUT2D eigenvalue weighted by Gasteiger charge is -1.93. The van der Waals surface area contributed by atoms with Gasteiger partial charge in [0.15, 0.2) is 6.54 Å². The van der Waals surface area contributed by atoms with E-state index < -0.39 is 0 Å². The highest BCUT2D eigenvalue weighted by atomic mass is 32.1. The van der Waals surface area contributed by atoms with Crippen LogP contribution < -0.4 is 4.57 Å². The summed E-state index contributed by atoms with van der Waals surface area (Å²) in [5.74, 6) is 0. The molecule has 3 heteroatoms. The van der Waals surface area contributed by atoms with Crippen LogP contribution in [0.1, 0.15) is 10.6 Å². The van der Waals surface area contributed by atoms with Gasteiger partial charge in [0.05, 0.1) is 0 Å². The maximum absolute atomic E-state index is 12.3. The molecule has 0 amide bonds. The molecule has 2 aromatic rings. The van der Waals surface area contributed by atoms with Crippen molar-refractivity contribution in [3.63, 3.8) is 0 Å². The maximum Gasteiger partial charge on any atom is 0.235 e. The molecule has 0 radical (unpaired) electrons. The third-order valence-corrected chi connectivity index (χ3v) is 3.43. The van der Waals surface area contributed by atoms with Gasteiger partial charge in [-0.05, 0) is 18.6 Å². The monoisotopic (exact) mass is 210 g/mol. The Morgan fingerprint density at radius 1 is 1.36 bits per heavy atom. The smallest absolute Gasteiger partial charge is 0.235 e. The Hall–Kier alpha value is -0.960. The van der Waals surface area contributed by atoms with Crippen molar-refractivity contribution in [2.75, 3.05) is 6.67 Å². The first-order valence-electron chi connectivity index (χ1n) is 4.68. The fourth-order valence-corrected chi connectivity index (χ4v) is 2.70. The highest BCUT2D eigenvalue weighted by molar-refractivity contribution is 7.18. The first-order valence-corrected chi connectivity index (χ1v) is 5.49. The van der Waals surface area contributed by atoms with Gasteiger partial charge < -0.3 is 0 Å². The van der Waals surface area contributed by atoms with Crippen molar-refractivity contribution in [3.8, 4) is 0 Å². The highest BCUT2D eigenvalue weighted by Crippen LogP contribution is 2.20. The summed E-state index contributed by atoms with van der Waals surface area (Å²) in [6.07, 6.45) is 0. The molecule has 1 heterocycles. The third kappa shape index (κ3) is 1.52. The van der Waals surface area contributed by atoms with Gasteiger partial charge in [-0.1, -0.05) is 17.4 Å². The Balaban J connectivity index is 2.66. The van der Waals surface area contributed by atoms with Crippen LogP contribution in [-0.2, 0) is 6.54 Å². The van der Waals surface area contributed by atoms with E-state index in [1.54, 1.807) is 11.3 Å². The van der Waals surface area contributed by atoms with Gasteiger partial charge in [-0.15, -0.1) is 0 Å². The normalized spacial score (nSPS) is 11.1. The Morgan fingerprint density at radius 3 is 2.86 bits per heavy atom. The fraction of sp³-hybridized carbons (Fsp3) is 0.364. The van der Waals surface area contributed by atoms with Gasteiger partial charge in [-0.2, -0.15) is 4.57 Å². The van der Waals surface area contributed by atoms with Gasteiger partial charge >= 0.3 is 0 Å². The largest absolute Gasteiger partial charge is 0.244 e. The standard InChI is InChI=1S/C11H13FNS/c1-8-3-4-11-10(7-8)13(6-5-12)9(2)14-11/h3-4,7H,5-6H2,1-2H3/q+1. The SMILES string of the molecule is Cc1ccc2sc(C)[n+](CCF)c2c1. The molecule has 0 aliphatic rings. The van der Waals surface area contributed by atoms with Gasteiger partial charge in [0, 0.05) is 13.0 Å². The molecule has 0 spiro atoms. The molecule has 1 aromatic carbocycles. The van der Waals surface area contributed by atoms with E-state index in [0.29, 0.717) is 6.54 Å². The Labute approximate surface area is 86.8 Å². The van der Waals surface area contributed by atoms with Crippen LogP contribution in [0.3, 0.4) is 0 Å². The number of nitrogens with zero attached hydrogens (tertiary/aromatic N) is 1. The number of aryl methyl sites for hydroxylation is 3. The summed E-state index contributed by atoms with van der Waals surface area (Å²) in [5, 5.41) is 1.17. The quantitative estimate of drug-likeness (QED) is 0.671. The minimum atomic E-state index is -0.300. The van der Waals surface area contributed by atoms with E-state index in [-0.39, 0.29) is 6.67 Å². The first kappa shape index (κ1) is 9.59. The summed E-state index contributed by atoms with van der Waals surface area (Å²) in [6.45, 7) is 4.27. The number of fused-ring (bicyclic) bond motifs is 1. The summed E-state index contributed by atoms with van der Waals surface area (Å²) in [6, 6.07) is 6.32. The van der Waals surface area contributed by atoms with Crippen molar-refractivity contribution in [1.29, 1.82) is 0 Å². The molecule has 1 aromatic heterocycles. The van der Waals surface area contributed by atoms with Crippen molar-refractivity contribution in [1.82, 2.24) is 0 Å². The van der Waals surface area contributed by atoms with Crippen molar-refractivity contribution >= 4 is 21.6 Å². The Bertz CT molecular complexity index is 462.